The van der Waals surface area contributed by atoms with Crippen molar-refractivity contribution in [3.05, 3.63) is 59.9 Å². The lowest BCUT2D eigenvalue weighted by molar-refractivity contribution is -0.122. The summed E-state index contributed by atoms with van der Waals surface area (Å²) in [5.41, 5.74) is 3.43. The number of aryl methyl sites for hydroxylation is 1. The highest BCUT2D eigenvalue weighted by Crippen LogP contribution is 2.29. The van der Waals surface area contributed by atoms with E-state index in [4.69, 9.17) is 9.72 Å². The number of aromatic nitrogens is 2. The van der Waals surface area contributed by atoms with Crippen LogP contribution in [0.3, 0.4) is 0 Å². The second-order valence-corrected chi connectivity index (χ2v) is 8.44. The minimum absolute atomic E-state index is 0.158. The van der Waals surface area contributed by atoms with Gasteiger partial charge in [-0.1, -0.05) is 38.1 Å². The summed E-state index contributed by atoms with van der Waals surface area (Å²) in [7, 11) is 0. The zero-order valence-electron chi connectivity index (χ0n) is 17.9. The van der Waals surface area contributed by atoms with Crippen LogP contribution < -0.4 is 10.1 Å². The van der Waals surface area contributed by atoms with Gasteiger partial charge in [-0.2, -0.15) is 0 Å². The van der Waals surface area contributed by atoms with Gasteiger partial charge < -0.3 is 14.6 Å². The number of rotatable bonds is 10. The number of imidazole rings is 1. The quantitative estimate of drug-likeness (QED) is 0.481. The van der Waals surface area contributed by atoms with Crippen molar-refractivity contribution >= 4 is 16.9 Å². The van der Waals surface area contributed by atoms with Gasteiger partial charge in [0.15, 0.2) is 0 Å². The van der Waals surface area contributed by atoms with Gasteiger partial charge in [0, 0.05) is 12.5 Å². The number of nitrogens with zero attached hydrogens (tertiary/aromatic N) is 2. The zero-order chi connectivity index (χ0) is 20.9. The Kier molecular flexibility index (Phi) is 6.36. The summed E-state index contributed by atoms with van der Waals surface area (Å²) in [6.07, 6.45) is 3.99. The van der Waals surface area contributed by atoms with Gasteiger partial charge in [0.05, 0.1) is 24.2 Å². The Morgan fingerprint density at radius 1 is 1.13 bits per heavy atom. The highest BCUT2D eigenvalue weighted by atomic mass is 16.5. The lowest BCUT2D eigenvalue weighted by Gasteiger charge is -2.11. The highest BCUT2D eigenvalue weighted by molar-refractivity contribution is 5.81. The topological polar surface area (TPSA) is 56.1 Å². The first-order valence-corrected chi connectivity index (χ1v) is 11.1. The Bertz CT molecular complexity index is 987. The van der Waals surface area contributed by atoms with Gasteiger partial charge in [-0.25, -0.2) is 4.98 Å². The monoisotopic (exact) mass is 405 g/mol. The van der Waals surface area contributed by atoms with Crippen LogP contribution in [0.4, 0.5) is 0 Å². The van der Waals surface area contributed by atoms with Gasteiger partial charge in [0.2, 0.25) is 5.91 Å². The number of nitrogens with one attached hydrogen (secondary N) is 1. The number of benzene rings is 2. The third kappa shape index (κ3) is 5.02. The van der Waals surface area contributed by atoms with Crippen LogP contribution in [0.15, 0.2) is 48.5 Å². The van der Waals surface area contributed by atoms with E-state index in [2.05, 4.69) is 54.1 Å². The maximum atomic E-state index is 12.0. The molecule has 0 spiro atoms. The average molecular weight is 406 g/mol. The molecule has 2 aromatic carbocycles. The molecule has 158 valence electrons. The van der Waals surface area contributed by atoms with E-state index in [0.717, 1.165) is 54.8 Å². The van der Waals surface area contributed by atoms with Gasteiger partial charge >= 0.3 is 0 Å². The Morgan fingerprint density at radius 3 is 2.63 bits per heavy atom. The van der Waals surface area contributed by atoms with Gasteiger partial charge in [-0.05, 0) is 61.4 Å². The number of carbonyl (C=O) groups is 1. The van der Waals surface area contributed by atoms with E-state index in [1.807, 2.05) is 18.2 Å². The summed E-state index contributed by atoms with van der Waals surface area (Å²) < 4.78 is 8.14. The summed E-state index contributed by atoms with van der Waals surface area (Å²) in [6, 6.07) is 16.6. The van der Waals surface area contributed by atoms with Crippen LogP contribution in [0, 0.1) is 5.92 Å². The van der Waals surface area contributed by atoms with E-state index >= 15 is 0 Å². The molecule has 0 unspecified atom stereocenters. The van der Waals surface area contributed by atoms with E-state index in [1.165, 1.54) is 5.56 Å². The van der Waals surface area contributed by atoms with Gasteiger partial charge in [0.1, 0.15) is 11.6 Å². The molecule has 1 amide bonds. The molecule has 30 heavy (non-hydrogen) atoms. The molecule has 0 atom stereocenters. The summed E-state index contributed by atoms with van der Waals surface area (Å²) in [4.78, 5) is 16.8. The first-order valence-electron chi connectivity index (χ1n) is 11.1. The molecule has 4 rings (SSSR count). The number of para-hydroxylation sites is 2. The number of unbranched alkanes of at least 4 members (excludes halogenated alkanes) is 1. The lowest BCUT2D eigenvalue weighted by atomic mass is 10.0. The molecule has 5 heteroatoms. The smallest absolute Gasteiger partial charge is 0.223 e. The lowest BCUT2D eigenvalue weighted by Crippen LogP contribution is -2.26. The predicted octanol–water partition coefficient (Wildman–Crippen LogP) is 5.05. The van der Waals surface area contributed by atoms with Crippen LogP contribution in [0.1, 0.15) is 56.8 Å². The number of amides is 1. The van der Waals surface area contributed by atoms with Crippen molar-refractivity contribution in [2.45, 2.75) is 58.5 Å². The Morgan fingerprint density at radius 2 is 1.90 bits per heavy atom. The van der Waals surface area contributed by atoms with E-state index in [-0.39, 0.29) is 11.8 Å². The number of fused-ring (bicyclic) bond motifs is 1. The van der Waals surface area contributed by atoms with Crippen LogP contribution in [0.25, 0.3) is 11.0 Å². The Balaban J connectivity index is 1.31. The van der Waals surface area contributed by atoms with E-state index in [9.17, 15) is 4.79 Å². The summed E-state index contributed by atoms with van der Waals surface area (Å²) in [6.45, 7) is 6.44. The van der Waals surface area contributed by atoms with Crippen molar-refractivity contribution in [3.8, 4) is 5.75 Å². The van der Waals surface area contributed by atoms with Gasteiger partial charge in [-0.15, -0.1) is 0 Å². The van der Waals surface area contributed by atoms with Crippen molar-refractivity contribution in [1.82, 2.24) is 14.9 Å². The molecule has 1 heterocycles. The fraction of sp³-hybridized carbons (Fsp3) is 0.440. The molecule has 1 aromatic heterocycles. The van der Waals surface area contributed by atoms with Crippen molar-refractivity contribution in [2.75, 3.05) is 6.61 Å². The van der Waals surface area contributed by atoms with Gasteiger partial charge in [-0.3, -0.25) is 4.79 Å². The van der Waals surface area contributed by atoms with Gasteiger partial charge in [0.25, 0.3) is 0 Å². The maximum absolute atomic E-state index is 12.0. The number of hydrogen-bond donors (Lipinski definition) is 1. The molecule has 0 radical (unpaired) electrons. The third-order valence-electron chi connectivity index (χ3n) is 5.69. The molecule has 0 bridgehead atoms. The van der Waals surface area contributed by atoms with Crippen LogP contribution in [-0.2, 0) is 17.9 Å². The van der Waals surface area contributed by atoms with Crippen LogP contribution in [0.2, 0.25) is 0 Å². The van der Waals surface area contributed by atoms with Crippen LogP contribution in [-0.4, -0.2) is 22.1 Å². The molecule has 5 nitrogen and oxygen atoms in total. The highest BCUT2D eigenvalue weighted by Gasteiger charge is 2.29. The van der Waals surface area contributed by atoms with Crippen molar-refractivity contribution in [1.29, 1.82) is 0 Å². The molecule has 3 aromatic rings. The van der Waals surface area contributed by atoms with Crippen molar-refractivity contribution < 1.29 is 9.53 Å². The standard InChI is InChI=1S/C25H31N3O2/c1-18(2)19-11-13-21(14-12-19)30-16-6-5-15-28-23-8-4-3-7-22(23)27-24(28)17-26-25(29)20-9-10-20/h3-4,7-8,11-14,18,20H,5-6,9-10,15-17H2,1-2H3,(H,26,29). The number of carbonyl (C=O) groups excluding carboxylic acids is 1. The molecular formula is C25H31N3O2. The molecule has 1 saturated carbocycles. The second kappa shape index (κ2) is 9.33. The molecule has 0 aliphatic heterocycles. The van der Waals surface area contributed by atoms with Crippen molar-refractivity contribution in [3.63, 3.8) is 0 Å². The number of hydrogen-bond acceptors (Lipinski definition) is 3. The molecule has 1 N–H and O–H groups in total. The van der Waals surface area contributed by atoms with E-state index in [1.54, 1.807) is 0 Å². The molecule has 0 saturated heterocycles. The molecule has 1 fully saturated rings. The van der Waals surface area contributed by atoms with E-state index < -0.39 is 0 Å². The second-order valence-electron chi connectivity index (χ2n) is 8.44. The first kappa shape index (κ1) is 20.5. The van der Waals surface area contributed by atoms with E-state index in [0.29, 0.717) is 19.1 Å². The van der Waals surface area contributed by atoms with Crippen LogP contribution in [0.5, 0.6) is 5.75 Å². The third-order valence-corrected chi connectivity index (χ3v) is 5.69. The van der Waals surface area contributed by atoms with Crippen molar-refractivity contribution in [2.24, 2.45) is 5.92 Å². The largest absolute Gasteiger partial charge is 0.494 e. The molecular weight excluding hydrogens is 374 g/mol. The molecule has 1 aliphatic carbocycles. The van der Waals surface area contributed by atoms with Crippen LogP contribution >= 0.6 is 0 Å². The predicted molar refractivity (Wildman–Crippen MR) is 120 cm³/mol. The Hall–Kier alpha value is -2.82. The summed E-state index contributed by atoms with van der Waals surface area (Å²) in [5, 5.41) is 3.05. The fourth-order valence-corrected chi connectivity index (χ4v) is 3.68. The minimum Gasteiger partial charge on any atom is -0.494 e. The average Bonchev–Trinajstić information content (AvgIpc) is 3.55. The first-order chi connectivity index (χ1) is 14.6. The normalized spacial score (nSPS) is 13.7. The minimum atomic E-state index is 0.158. The maximum Gasteiger partial charge on any atom is 0.223 e. The number of ether oxygens (including phenoxy) is 1. The molecule has 1 aliphatic rings. The SMILES string of the molecule is CC(C)c1ccc(OCCCCn2c(CNC(=O)C3CC3)nc3ccccc32)cc1. The fourth-order valence-electron chi connectivity index (χ4n) is 3.68. The summed E-state index contributed by atoms with van der Waals surface area (Å²) in [5.74, 6) is 2.76. The Labute approximate surface area is 178 Å². The summed E-state index contributed by atoms with van der Waals surface area (Å²) >= 11 is 0. The zero-order valence-corrected chi connectivity index (χ0v) is 17.9.